The molecule has 6 fully saturated rings. The third-order valence-electron chi connectivity index (χ3n) is 12.7. The molecule has 6 aliphatic rings. The van der Waals surface area contributed by atoms with Crippen LogP contribution in [0.1, 0.15) is 61.1 Å². The number of aryl methyl sites for hydroxylation is 2. The van der Waals surface area contributed by atoms with Gasteiger partial charge in [0.2, 0.25) is 5.91 Å². The molecule has 300 valence electrons. The molecule has 15 heteroatoms. The van der Waals surface area contributed by atoms with E-state index in [0.717, 1.165) is 42.4 Å². The van der Waals surface area contributed by atoms with Crippen LogP contribution in [-0.4, -0.2) is 76.4 Å². The van der Waals surface area contributed by atoms with Gasteiger partial charge in [-0.05, 0) is 68.4 Å². The Labute approximate surface area is 342 Å². The molecule has 2 bridgehead atoms. The van der Waals surface area contributed by atoms with Crippen molar-refractivity contribution in [2.24, 2.45) is 11.8 Å². The van der Waals surface area contributed by atoms with E-state index in [4.69, 9.17) is 32.9 Å². The number of rotatable bonds is 11. The second kappa shape index (κ2) is 14.6. The number of carbonyl (C=O) groups is 1. The molecule has 11 rings (SSSR count). The van der Waals surface area contributed by atoms with Crippen molar-refractivity contribution in [2.75, 3.05) is 31.1 Å². The maximum atomic E-state index is 17.3. The number of anilines is 1. The fourth-order valence-electron chi connectivity index (χ4n) is 9.77. The number of hydrogen-bond acceptors (Lipinski definition) is 8. The van der Waals surface area contributed by atoms with E-state index in [2.05, 4.69) is 31.7 Å². The summed E-state index contributed by atoms with van der Waals surface area (Å²) in [7, 11) is 0. The number of likely N-dealkylation sites (tertiary alicyclic amines) is 1. The molecule has 58 heavy (non-hydrogen) atoms. The smallest absolute Gasteiger partial charge is 0.345 e. The highest BCUT2D eigenvalue weighted by Gasteiger charge is 2.51. The zero-order valence-electron chi connectivity index (χ0n) is 31.6. The van der Waals surface area contributed by atoms with Gasteiger partial charge in [0.15, 0.2) is 5.82 Å². The summed E-state index contributed by atoms with van der Waals surface area (Å²) in [5.74, 6) is 1.11. The first kappa shape index (κ1) is 37.6. The highest BCUT2D eigenvalue weighted by Crippen LogP contribution is 2.51. The Balaban J connectivity index is 1.08. The zero-order valence-corrected chi connectivity index (χ0v) is 33.1. The van der Waals surface area contributed by atoms with E-state index < -0.39 is 18.5 Å². The van der Waals surface area contributed by atoms with Gasteiger partial charge < -0.3 is 29.2 Å². The molecule has 0 spiro atoms. The van der Waals surface area contributed by atoms with E-state index in [0.29, 0.717) is 77.2 Å². The van der Waals surface area contributed by atoms with Crippen LogP contribution in [0.2, 0.25) is 10.0 Å². The Bertz CT molecular complexity index is 2510. The summed E-state index contributed by atoms with van der Waals surface area (Å²) < 4.78 is 56.4. The molecule has 7 heterocycles. The van der Waals surface area contributed by atoms with Crippen molar-refractivity contribution in [3.05, 3.63) is 81.5 Å². The van der Waals surface area contributed by atoms with Crippen molar-refractivity contribution in [3.8, 4) is 22.9 Å². The number of benzene rings is 2. The molecule has 4 saturated heterocycles. The maximum absolute atomic E-state index is 17.3. The lowest BCUT2D eigenvalue weighted by Gasteiger charge is -2.39. The van der Waals surface area contributed by atoms with Crippen molar-refractivity contribution >= 4 is 56.7 Å². The van der Waals surface area contributed by atoms with Crippen molar-refractivity contribution < 1.29 is 27.4 Å². The normalized spacial score (nSPS) is 24.1. The largest absolute Gasteiger partial charge is 0.488 e. The zero-order chi connectivity index (χ0) is 40.0. The monoisotopic (exact) mass is 829 g/mol. The number of halogens is 5. The number of nitrogens with one attached hydrogen (secondary N) is 1. The summed E-state index contributed by atoms with van der Waals surface area (Å²) >= 11 is 13.1. The van der Waals surface area contributed by atoms with E-state index in [9.17, 15) is 18.8 Å². The van der Waals surface area contributed by atoms with Gasteiger partial charge in [0, 0.05) is 90.0 Å². The van der Waals surface area contributed by atoms with Crippen LogP contribution in [0.3, 0.4) is 0 Å². The maximum Gasteiger partial charge on any atom is 0.345 e. The second-order valence-electron chi connectivity index (χ2n) is 16.3. The third-order valence-corrected chi connectivity index (χ3v) is 13.6. The van der Waals surface area contributed by atoms with Gasteiger partial charge in [0.05, 0.1) is 46.4 Å². The predicted octanol–water partition coefficient (Wildman–Crippen LogP) is 8.55. The van der Waals surface area contributed by atoms with Crippen LogP contribution in [0.4, 0.5) is 19.0 Å². The molecule has 2 aliphatic carbocycles. The van der Waals surface area contributed by atoms with Crippen molar-refractivity contribution in [1.29, 1.82) is 5.26 Å². The van der Waals surface area contributed by atoms with Crippen molar-refractivity contribution in [2.45, 2.75) is 82.4 Å². The van der Waals surface area contributed by atoms with Gasteiger partial charge in [-0.3, -0.25) is 4.79 Å². The number of hydrogen-bond donors (Lipinski definition) is 1. The summed E-state index contributed by atoms with van der Waals surface area (Å²) in [6.45, 7) is 0.944. The molecule has 1 amide bonds. The van der Waals surface area contributed by atoms with Crippen LogP contribution in [0, 0.1) is 35.9 Å². The number of pyridine rings is 2. The number of alkyl halides is 2. The number of ether oxygens (including phenoxy) is 2. The fourth-order valence-corrected chi connectivity index (χ4v) is 10.2. The van der Waals surface area contributed by atoms with Crippen LogP contribution in [0.5, 0.6) is 5.75 Å². The average molecular weight is 831 g/mol. The molecular formula is C43H40Cl2F3N7O3. The molecule has 3 aromatic heterocycles. The van der Waals surface area contributed by atoms with Gasteiger partial charge in [0.25, 0.3) is 0 Å². The van der Waals surface area contributed by atoms with Crippen LogP contribution in [0.15, 0.2) is 48.7 Å². The Kier molecular flexibility index (Phi) is 9.47. The van der Waals surface area contributed by atoms with Crippen molar-refractivity contribution in [1.82, 2.24) is 24.8 Å². The molecular weight excluding hydrogens is 790 g/mol. The fraction of sp³-hybridized carbons (Fsp3) is 0.442. The van der Waals surface area contributed by atoms with Crippen molar-refractivity contribution in [3.63, 3.8) is 0 Å². The number of aromatic nitrogens is 3. The lowest BCUT2D eigenvalue weighted by Crippen LogP contribution is -2.53. The second-order valence-corrected chi connectivity index (χ2v) is 17.1. The Hall–Kier alpha value is -4.61. The lowest BCUT2D eigenvalue weighted by atomic mass is 9.79. The average Bonchev–Trinajstić information content (AvgIpc) is 3.46. The highest BCUT2D eigenvalue weighted by atomic mass is 35.5. The molecule has 5 aromatic rings. The van der Waals surface area contributed by atoms with Crippen LogP contribution in [-0.2, 0) is 16.0 Å². The van der Waals surface area contributed by atoms with Gasteiger partial charge in [0.1, 0.15) is 23.2 Å². The van der Waals surface area contributed by atoms with Crippen LogP contribution >= 0.6 is 23.2 Å². The molecule has 4 aliphatic heterocycles. The predicted molar refractivity (Wildman–Crippen MR) is 214 cm³/mol. The molecule has 0 unspecified atom stereocenters. The molecule has 5 atom stereocenters. The molecule has 10 nitrogen and oxygen atoms in total. The van der Waals surface area contributed by atoms with Gasteiger partial charge in [-0.1, -0.05) is 35.3 Å². The molecule has 0 radical (unpaired) electrons. The Morgan fingerprint density at radius 1 is 1.09 bits per heavy atom. The minimum absolute atomic E-state index is 0.0271. The van der Waals surface area contributed by atoms with Gasteiger partial charge in [-0.25, -0.2) is 14.4 Å². The quantitative estimate of drug-likeness (QED) is 0.141. The number of nitriles is 1. The van der Waals surface area contributed by atoms with Crippen LogP contribution in [0.25, 0.3) is 32.9 Å². The third kappa shape index (κ3) is 6.35. The first-order valence-electron chi connectivity index (χ1n) is 19.9. The van der Waals surface area contributed by atoms with E-state index in [1.54, 1.807) is 36.5 Å². The van der Waals surface area contributed by atoms with E-state index in [1.807, 2.05) is 22.8 Å². The van der Waals surface area contributed by atoms with Crippen LogP contribution < -0.4 is 15.0 Å². The summed E-state index contributed by atoms with van der Waals surface area (Å²) in [6.07, 6.45) is 4.47. The minimum atomic E-state index is -2.82. The number of carbonyl (C=O) groups excluding carboxylic acids is 1. The van der Waals surface area contributed by atoms with E-state index in [-0.39, 0.29) is 58.6 Å². The summed E-state index contributed by atoms with van der Waals surface area (Å²) in [5, 5.41) is 15.4. The summed E-state index contributed by atoms with van der Waals surface area (Å²) in [4.78, 5) is 27.4. The van der Waals surface area contributed by atoms with E-state index >= 15 is 4.39 Å². The van der Waals surface area contributed by atoms with Gasteiger partial charge in [-0.15, -0.1) is 0 Å². The molecule has 1 N–H and O–H groups in total. The minimum Gasteiger partial charge on any atom is -0.488 e. The number of amides is 1. The van der Waals surface area contributed by atoms with E-state index in [1.165, 1.54) is 0 Å². The summed E-state index contributed by atoms with van der Waals surface area (Å²) in [5.41, 5.74) is 4.08. The standard InChI is InChI=1S/C43H40Cl2F3N7O3/c1-21-29-16-34(33-14-26(20-54(33)42(56)22-7-8-22)57-25-9-11-50-35(15-25)53-18-27(19-53)58-43(47)48)55(40-24-13-32(40)51-17-24)41(29)30-12-23(4-3-10-49)36(38(46)39(30)52-21)28-5-2-6-31(44)37(28)45/h2,5-6,9,11-12,15-16,22,24,26-27,32-33,40,43,51H,3-4,7-8,13-14,17-20H2,1H3/t24-,26+,32-,33-,40+/m1/s1. The molecule has 2 aromatic carbocycles. The number of nitrogens with zero attached hydrogens (tertiary/aromatic N) is 6. The first-order valence-corrected chi connectivity index (χ1v) is 20.7. The Morgan fingerprint density at radius 2 is 1.91 bits per heavy atom. The number of fused-ring (bicyclic) bond motifs is 4. The van der Waals surface area contributed by atoms with Gasteiger partial charge in [-0.2, -0.15) is 14.0 Å². The SMILES string of the molecule is Cc1nc2c(F)c(-c3cccc(Cl)c3Cl)c(CCC#N)cc2c2c1cc([C@H]1C[C@H](Oc3ccnc(N4CC(OC(F)F)C4)c3)CN1C(=O)C1CC1)n2[C@H]1[C@H]2CN[C@@H]1C2. The first-order chi connectivity index (χ1) is 28.1. The highest BCUT2D eigenvalue weighted by molar-refractivity contribution is 6.43. The molecule has 2 saturated carbocycles. The summed E-state index contributed by atoms with van der Waals surface area (Å²) in [6, 6.07) is 15.0. The Morgan fingerprint density at radius 3 is 2.64 bits per heavy atom. The van der Waals surface area contributed by atoms with Gasteiger partial charge >= 0.3 is 6.61 Å². The lowest BCUT2D eigenvalue weighted by molar-refractivity contribution is -0.167. The topological polar surface area (TPSA) is 109 Å².